The summed E-state index contributed by atoms with van der Waals surface area (Å²) in [6.45, 7) is 1.15. The minimum atomic E-state index is -1.70. The molecule has 0 aromatic rings. The maximum absolute atomic E-state index is 6.66. The Hall–Kier alpha value is 0.757. The maximum Gasteiger partial charge on any atom is 0.256 e. The molecule has 3 atom stereocenters. The van der Waals surface area contributed by atoms with E-state index in [4.69, 9.17) is 22.2 Å². The summed E-state index contributed by atoms with van der Waals surface area (Å²) < 4.78 is 0. The van der Waals surface area contributed by atoms with E-state index in [0.29, 0.717) is 0 Å². The molecule has 3 aliphatic rings. The van der Waals surface area contributed by atoms with Crippen molar-refractivity contribution in [1.82, 2.24) is 5.32 Å². The molecule has 1 heterocycles. The van der Waals surface area contributed by atoms with E-state index in [1.165, 1.54) is 57.8 Å². The van der Waals surface area contributed by atoms with Crippen LogP contribution in [0.25, 0.3) is 0 Å². The molecule has 18 heavy (non-hydrogen) atoms. The Kier molecular flexibility index (Phi) is 4.29. The topological polar surface area (TPSA) is 12.0 Å². The fraction of sp³-hybridized carbons (Fsp3) is 1.00. The standard InChI is InChI=1S/C14H25Cl2NSi/c15-18(16)14(12-6-2-3-7-12)13-8-4-1-5-11(13)9-10-17-14/h11-13,17-18H,1-10H2. The first-order valence-corrected chi connectivity index (χ1v) is 11.8. The molecule has 0 radical (unpaired) electrons. The van der Waals surface area contributed by atoms with Gasteiger partial charge in [-0.15, -0.1) is 22.2 Å². The SMILES string of the molecule is Cl[SiH](Cl)C1(C2CCCC2)NCCC2CCCCC21. The van der Waals surface area contributed by atoms with E-state index >= 15 is 0 Å². The molecule has 4 heteroatoms. The lowest BCUT2D eigenvalue weighted by Crippen LogP contribution is -2.67. The maximum atomic E-state index is 6.66. The molecule has 0 amide bonds. The van der Waals surface area contributed by atoms with Crippen molar-refractivity contribution < 1.29 is 0 Å². The van der Waals surface area contributed by atoms with Gasteiger partial charge in [0.2, 0.25) is 0 Å². The molecule has 0 spiro atoms. The fourth-order valence-electron chi connectivity index (χ4n) is 5.05. The summed E-state index contributed by atoms with van der Waals surface area (Å²) in [5, 5.41) is 4.04. The van der Waals surface area contributed by atoms with E-state index in [1.807, 2.05) is 0 Å². The zero-order valence-corrected chi connectivity index (χ0v) is 13.8. The number of hydrogen-bond acceptors (Lipinski definition) is 1. The monoisotopic (exact) mass is 305 g/mol. The lowest BCUT2D eigenvalue weighted by molar-refractivity contribution is 0.0706. The zero-order valence-electron chi connectivity index (χ0n) is 11.1. The van der Waals surface area contributed by atoms with Gasteiger partial charge in [-0.2, -0.15) is 0 Å². The molecule has 0 bridgehead atoms. The largest absolute Gasteiger partial charge is 0.311 e. The van der Waals surface area contributed by atoms with Gasteiger partial charge in [0.1, 0.15) is 0 Å². The number of rotatable bonds is 2. The van der Waals surface area contributed by atoms with Gasteiger partial charge in [0.05, 0.1) is 0 Å². The van der Waals surface area contributed by atoms with Crippen LogP contribution in [0.5, 0.6) is 0 Å². The highest BCUT2D eigenvalue weighted by Gasteiger charge is 2.55. The number of fused-ring (bicyclic) bond motifs is 1. The summed E-state index contributed by atoms with van der Waals surface area (Å²) in [5.41, 5.74) is 0. The molecule has 1 N–H and O–H groups in total. The van der Waals surface area contributed by atoms with E-state index in [2.05, 4.69) is 5.32 Å². The third-order valence-electron chi connectivity index (χ3n) is 5.86. The molecular weight excluding hydrogens is 281 g/mol. The van der Waals surface area contributed by atoms with Crippen LogP contribution in [0, 0.1) is 17.8 Å². The van der Waals surface area contributed by atoms with Crippen molar-refractivity contribution in [2.24, 2.45) is 17.8 Å². The van der Waals surface area contributed by atoms with Crippen molar-refractivity contribution in [2.75, 3.05) is 6.54 Å². The molecule has 104 valence electrons. The lowest BCUT2D eigenvalue weighted by atomic mass is 9.67. The van der Waals surface area contributed by atoms with E-state index in [9.17, 15) is 0 Å². The van der Waals surface area contributed by atoms with Crippen molar-refractivity contribution in [3.63, 3.8) is 0 Å². The lowest BCUT2D eigenvalue weighted by Gasteiger charge is -2.54. The van der Waals surface area contributed by atoms with Crippen LogP contribution in [0.15, 0.2) is 0 Å². The summed E-state index contributed by atoms with van der Waals surface area (Å²) in [7, 11) is -1.70. The number of hydrogen-bond donors (Lipinski definition) is 1. The van der Waals surface area contributed by atoms with Gasteiger partial charge < -0.3 is 5.32 Å². The van der Waals surface area contributed by atoms with Crippen LogP contribution in [0.2, 0.25) is 0 Å². The molecular formula is C14H25Cl2NSi. The minimum absolute atomic E-state index is 0.170. The number of piperidine rings is 1. The third kappa shape index (κ3) is 2.17. The van der Waals surface area contributed by atoms with E-state index in [-0.39, 0.29) is 5.16 Å². The Bertz CT molecular complexity index is 292. The van der Waals surface area contributed by atoms with Crippen LogP contribution in [-0.4, -0.2) is 19.1 Å². The van der Waals surface area contributed by atoms with Crippen molar-refractivity contribution in [3.05, 3.63) is 0 Å². The molecule has 3 fully saturated rings. The minimum Gasteiger partial charge on any atom is -0.311 e. The Balaban J connectivity index is 1.90. The van der Waals surface area contributed by atoms with E-state index < -0.39 is 7.42 Å². The predicted molar refractivity (Wildman–Crippen MR) is 81.6 cm³/mol. The summed E-state index contributed by atoms with van der Waals surface area (Å²) in [6.07, 6.45) is 12.5. The Morgan fingerprint density at radius 1 is 0.889 bits per heavy atom. The molecule has 3 rings (SSSR count). The van der Waals surface area contributed by atoms with Gasteiger partial charge >= 0.3 is 0 Å². The second-order valence-electron chi connectivity index (χ2n) is 6.58. The second kappa shape index (κ2) is 5.63. The summed E-state index contributed by atoms with van der Waals surface area (Å²) in [5.74, 6) is 2.47. The van der Waals surface area contributed by atoms with Crippen molar-refractivity contribution in [2.45, 2.75) is 62.9 Å². The normalized spacial score (nSPS) is 42.2. The summed E-state index contributed by atoms with van der Waals surface area (Å²) in [6, 6.07) is 0. The van der Waals surface area contributed by atoms with Gasteiger partial charge in [-0.05, 0) is 50.0 Å². The molecule has 3 unspecified atom stereocenters. The van der Waals surface area contributed by atoms with Crippen molar-refractivity contribution >= 4 is 29.6 Å². The first-order chi connectivity index (χ1) is 8.75. The van der Waals surface area contributed by atoms with Gasteiger partial charge in [0.25, 0.3) is 7.42 Å². The average Bonchev–Trinajstić information content (AvgIpc) is 2.92. The third-order valence-corrected chi connectivity index (χ3v) is 9.85. The Morgan fingerprint density at radius 2 is 1.56 bits per heavy atom. The van der Waals surface area contributed by atoms with Crippen LogP contribution in [0.1, 0.15) is 57.8 Å². The highest BCUT2D eigenvalue weighted by molar-refractivity contribution is 7.35. The second-order valence-corrected chi connectivity index (χ2v) is 11.4. The molecule has 1 saturated heterocycles. The molecule has 2 saturated carbocycles. The Morgan fingerprint density at radius 3 is 2.28 bits per heavy atom. The highest BCUT2D eigenvalue weighted by Crippen LogP contribution is 2.51. The van der Waals surface area contributed by atoms with Gasteiger partial charge in [0.15, 0.2) is 0 Å². The van der Waals surface area contributed by atoms with Gasteiger partial charge in [0, 0.05) is 5.16 Å². The molecule has 2 aliphatic carbocycles. The van der Waals surface area contributed by atoms with Gasteiger partial charge in [-0.25, -0.2) is 0 Å². The molecule has 0 aromatic carbocycles. The quantitative estimate of drug-likeness (QED) is 0.601. The summed E-state index contributed by atoms with van der Waals surface area (Å²) >= 11 is 13.3. The molecule has 1 nitrogen and oxygen atoms in total. The first-order valence-electron chi connectivity index (χ1n) is 7.78. The van der Waals surface area contributed by atoms with Crippen LogP contribution in [-0.2, 0) is 0 Å². The molecule has 1 aliphatic heterocycles. The first kappa shape index (κ1) is 13.7. The van der Waals surface area contributed by atoms with Crippen molar-refractivity contribution in [1.29, 1.82) is 0 Å². The van der Waals surface area contributed by atoms with E-state index in [0.717, 1.165) is 24.3 Å². The number of halogens is 2. The number of nitrogens with one attached hydrogen (secondary N) is 1. The van der Waals surface area contributed by atoms with E-state index in [1.54, 1.807) is 0 Å². The summed E-state index contributed by atoms with van der Waals surface area (Å²) in [4.78, 5) is 0. The highest BCUT2D eigenvalue weighted by atomic mass is 35.7. The van der Waals surface area contributed by atoms with Crippen LogP contribution >= 0.6 is 22.2 Å². The van der Waals surface area contributed by atoms with Crippen molar-refractivity contribution in [3.8, 4) is 0 Å². The Labute approximate surface area is 122 Å². The van der Waals surface area contributed by atoms with Gasteiger partial charge in [-0.3, -0.25) is 0 Å². The van der Waals surface area contributed by atoms with Gasteiger partial charge in [-0.1, -0.05) is 32.1 Å². The van der Waals surface area contributed by atoms with Crippen LogP contribution in [0.3, 0.4) is 0 Å². The zero-order chi connectivity index (χ0) is 12.6. The smallest absolute Gasteiger partial charge is 0.256 e. The average molecular weight is 306 g/mol. The van der Waals surface area contributed by atoms with Crippen LogP contribution in [0.4, 0.5) is 0 Å². The van der Waals surface area contributed by atoms with Crippen LogP contribution < -0.4 is 5.32 Å². The molecule has 0 aromatic heterocycles. The fourth-order valence-corrected chi connectivity index (χ4v) is 9.31. The predicted octanol–water partition coefficient (Wildman–Crippen LogP) is 3.95.